The topological polar surface area (TPSA) is 192 Å². The van der Waals surface area contributed by atoms with E-state index < -0.39 is 78.3 Å². The maximum atomic E-state index is 12.8. The van der Waals surface area contributed by atoms with E-state index in [1.54, 1.807) is 0 Å². The van der Waals surface area contributed by atoms with Crippen molar-refractivity contribution in [1.82, 2.24) is 0 Å². The fourth-order valence-electron chi connectivity index (χ4n) is 6.71. The van der Waals surface area contributed by atoms with Crippen LogP contribution in [-0.4, -0.2) is 89.7 Å². The van der Waals surface area contributed by atoms with Gasteiger partial charge in [-0.2, -0.15) is 0 Å². The molecule has 3 atom stereocenters. The van der Waals surface area contributed by atoms with E-state index in [-0.39, 0.29) is 31.6 Å². The summed E-state index contributed by atoms with van der Waals surface area (Å²) in [6.45, 7) is 2.83. The van der Waals surface area contributed by atoms with Gasteiger partial charge in [0.25, 0.3) is 0 Å². The molecule has 0 aliphatic carbocycles. The predicted molar refractivity (Wildman–Crippen MR) is 205 cm³/mol. The number of ketones is 1. The number of hydrogen-bond acceptors (Lipinski definition) is 13. The molecule has 13 nitrogen and oxygen atoms in total. The lowest BCUT2D eigenvalue weighted by molar-refractivity contribution is -0.156. The van der Waals surface area contributed by atoms with Gasteiger partial charge in [-0.15, -0.1) is 0 Å². The van der Waals surface area contributed by atoms with Crippen molar-refractivity contribution >= 4 is 29.7 Å². The maximum Gasteiger partial charge on any atom is 0.350 e. The Kier molecular flexibility index (Phi) is 25.1. The Labute approximate surface area is 327 Å². The Morgan fingerprint density at radius 1 is 0.618 bits per heavy atom. The molecular formula is C42H68O13. The number of unbranched alkanes of at least 4 members (excludes halogenated alkanes) is 19. The zero-order chi connectivity index (χ0) is 40.3. The highest BCUT2D eigenvalue weighted by molar-refractivity contribution is 6.19. The van der Waals surface area contributed by atoms with Gasteiger partial charge in [0, 0.05) is 6.42 Å². The first-order valence-electron chi connectivity index (χ1n) is 21.0. The number of carbonyl (C=O) groups excluding carboxylic acids is 5. The third-order valence-corrected chi connectivity index (χ3v) is 10.0. The molecule has 0 bridgehead atoms. The number of rotatable bonds is 34. The van der Waals surface area contributed by atoms with Crippen molar-refractivity contribution in [1.29, 1.82) is 0 Å². The summed E-state index contributed by atoms with van der Waals surface area (Å²) in [5, 5.41) is 29.8. The van der Waals surface area contributed by atoms with E-state index in [2.05, 4.69) is 13.8 Å². The van der Waals surface area contributed by atoms with E-state index >= 15 is 0 Å². The molecule has 3 N–H and O–H groups in total. The van der Waals surface area contributed by atoms with Crippen LogP contribution in [0.15, 0.2) is 22.7 Å². The Morgan fingerprint density at radius 2 is 1.09 bits per heavy atom. The summed E-state index contributed by atoms with van der Waals surface area (Å²) < 4.78 is 26.1. The predicted octanol–water partition coefficient (Wildman–Crippen LogP) is 7.90. The highest BCUT2D eigenvalue weighted by atomic mass is 16.6. The van der Waals surface area contributed by atoms with Crippen LogP contribution < -0.4 is 0 Å². The van der Waals surface area contributed by atoms with Gasteiger partial charge in [0.1, 0.15) is 18.8 Å². The quantitative estimate of drug-likeness (QED) is 0.0247. The molecule has 0 unspecified atom stereocenters. The second-order valence-corrected chi connectivity index (χ2v) is 14.7. The monoisotopic (exact) mass is 780 g/mol. The smallest absolute Gasteiger partial charge is 0.350 e. The van der Waals surface area contributed by atoms with Gasteiger partial charge in [0.05, 0.1) is 25.7 Å². The van der Waals surface area contributed by atoms with Crippen LogP contribution in [0.1, 0.15) is 168 Å². The van der Waals surface area contributed by atoms with Crippen LogP contribution >= 0.6 is 0 Å². The molecule has 2 aliphatic rings. The first kappa shape index (κ1) is 47.7. The molecule has 0 aromatic carbocycles. The minimum Gasteiger partial charge on any atom is -0.507 e. The number of hydrogen-bond donors (Lipinski definition) is 3. The average Bonchev–Trinajstić information content (AvgIpc) is 3.62. The molecule has 0 spiro atoms. The summed E-state index contributed by atoms with van der Waals surface area (Å²) in [5.41, 5.74) is -1.07. The van der Waals surface area contributed by atoms with Gasteiger partial charge in [0.2, 0.25) is 0 Å². The lowest BCUT2D eigenvalue weighted by Gasteiger charge is -2.18. The summed E-state index contributed by atoms with van der Waals surface area (Å²) in [6.07, 6.45) is 21.0. The standard InChI is InChI=1S/C42H68O13/c1-3-5-7-9-11-13-14-15-16-17-19-21-23-25-32(44)36-39(47)34(55-41(36)49)30-53-35(45)28-31(24-22-20-18-12-10-8-6-4-2)51-26-27-52-40(48)37-38(46)33(29-43)54-42(37)50/h31,33-34,43,46-47H,3-30H2,1-2H3/t31-,33+,34+/m0/s1. The molecule has 2 rings (SSSR count). The number of Topliss-reactive ketones (excluding diaryl/α,β-unsaturated/α-hetero) is 1. The first-order valence-corrected chi connectivity index (χ1v) is 21.0. The van der Waals surface area contributed by atoms with E-state index in [0.29, 0.717) is 12.8 Å². The largest absolute Gasteiger partial charge is 0.507 e. The van der Waals surface area contributed by atoms with E-state index in [1.807, 2.05) is 0 Å². The molecule has 0 aromatic rings. The summed E-state index contributed by atoms with van der Waals surface area (Å²) in [6, 6.07) is 0. The van der Waals surface area contributed by atoms with Gasteiger partial charge < -0.3 is 39.0 Å². The van der Waals surface area contributed by atoms with E-state index in [0.717, 1.165) is 44.9 Å². The summed E-state index contributed by atoms with van der Waals surface area (Å²) in [4.78, 5) is 62.3. The fourth-order valence-corrected chi connectivity index (χ4v) is 6.71. The molecule has 0 fully saturated rings. The van der Waals surface area contributed by atoms with Crippen molar-refractivity contribution in [2.75, 3.05) is 26.4 Å². The van der Waals surface area contributed by atoms with Crippen molar-refractivity contribution in [3.05, 3.63) is 22.7 Å². The van der Waals surface area contributed by atoms with Crippen molar-refractivity contribution in [3.63, 3.8) is 0 Å². The minimum absolute atomic E-state index is 0.123. The molecule has 0 amide bonds. The molecule has 13 heteroatoms. The van der Waals surface area contributed by atoms with Crippen LogP contribution in [0.5, 0.6) is 0 Å². The van der Waals surface area contributed by atoms with Crippen molar-refractivity contribution in [2.45, 2.75) is 186 Å². The summed E-state index contributed by atoms with van der Waals surface area (Å²) in [5.74, 6) is -5.53. The van der Waals surface area contributed by atoms with Gasteiger partial charge >= 0.3 is 23.9 Å². The van der Waals surface area contributed by atoms with Crippen LogP contribution in [-0.2, 0) is 47.7 Å². The van der Waals surface area contributed by atoms with Crippen molar-refractivity contribution < 1.29 is 63.0 Å². The Balaban J connectivity index is 1.76. The molecule has 2 heterocycles. The second-order valence-electron chi connectivity index (χ2n) is 14.7. The van der Waals surface area contributed by atoms with E-state index in [9.17, 15) is 39.3 Å². The van der Waals surface area contributed by atoms with Crippen molar-refractivity contribution in [2.24, 2.45) is 0 Å². The molecule has 2 aliphatic heterocycles. The number of aliphatic hydroxyl groups excluding tert-OH is 3. The lowest BCUT2D eigenvalue weighted by atomic mass is 10.0. The van der Waals surface area contributed by atoms with Crippen LogP contribution in [0.4, 0.5) is 0 Å². The number of carbonyl (C=O) groups is 5. The number of aliphatic hydroxyl groups is 3. The minimum atomic E-state index is -1.32. The summed E-state index contributed by atoms with van der Waals surface area (Å²) >= 11 is 0. The molecule has 314 valence electrons. The molecular weight excluding hydrogens is 712 g/mol. The van der Waals surface area contributed by atoms with Gasteiger partial charge in [-0.05, 0) is 12.8 Å². The zero-order valence-electron chi connectivity index (χ0n) is 33.5. The van der Waals surface area contributed by atoms with E-state index in [1.165, 1.54) is 83.5 Å². The third kappa shape index (κ3) is 18.8. The highest BCUT2D eigenvalue weighted by Gasteiger charge is 2.40. The average molecular weight is 781 g/mol. The zero-order valence-corrected chi connectivity index (χ0v) is 33.5. The van der Waals surface area contributed by atoms with Crippen LogP contribution in [0.25, 0.3) is 0 Å². The number of cyclic esters (lactones) is 2. The number of esters is 4. The molecule has 55 heavy (non-hydrogen) atoms. The molecule has 0 saturated heterocycles. The third-order valence-electron chi connectivity index (χ3n) is 10.0. The van der Waals surface area contributed by atoms with Gasteiger partial charge in [-0.3, -0.25) is 9.59 Å². The molecule has 0 radical (unpaired) electrons. The van der Waals surface area contributed by atoms with E-state index in [4.69, 9.17) is 23.7 Å². The maximum absolute atomic E-state index is 12.8. The Morgan fingerprint density at radius 3 is 1.62 bits per heavy atom. The Hall–Kier alpha value is -3.45. The number of ether oxygens (including phenoxy) is 5. The van der Waals surface area contributed by atoms with Crippen LogP contribution in [0.2, 0.25) is 0 Å². The SMILES string of the molecule is CCCCCCCCCCCCCCCC(=O)C1=C(O)[C@@H](COC(=O)C[C@H](CCCCCCCCCC)OCCOC(=O)C2=C(O)[C@@H](CO)OC2=O)OC1=O. The van der Waals surface area contributed by atoms with Crippen LogP contribution in [0, 0.1) is 0 Å². The fraction of sp³-hybridized carbons (Fsp3) is 0.786. The van der Waals surface area contributed by atoms with Gasteiger partial charge in [-0.1, -0.05) is 142 Å². The normalized spacial score (nSPS) is 17.4. The Bertz CT molecular complexity index is 1240. The molecule has 0 saturated carbocycles. The highest BCUT2D eigenvalue weighted by Crippen LogP contribution is 2.25. The van der Waals surface area contributed by atoms with Gasteiger partial charge in [0.15, 0.2) is 35.1 Å². The van der Waals surface area contributed by atoms with Crippen molar-refractivity contribution in [3.8, 4) is 0 Å². The summed E-state index contributed by atoms with van der Waals surface area (Å²) in [7, 11) is 0. The van der Waals surface area contributed by atoms with Crippen LogP contribution in [0.3, 0.4) is 0 Å². The lowest BCUT2D eigenvalue weighted by Crippen LogP contribution is -2.26. The second kappa shape index (κ2) is 28.9. The first-order chi connectivity index (χ1) is 26.6. The molecule has 0 aromatic heterocycles. The van der Waals surface area contributed by atoms with Gasteiger partial charge in [-0.25, -0.2) is 14.4 Å².